The van der Waals surface area contributed by atoms with Gasteiger partial charge in [0, 0.05) is 12.3 Å². The minimum absolute atomic E-state index is 0.0876. The fraction of sp³-hybridized carbons (Fsp3) is 0.571. The van der Waals surface area contributed by atoms with E-state index < -0.39 is 12.1 Å². The maximum atomic E-state index is 12.2. The van der Waals surface area contributed by atoms with Gasteiger partial charge in [-0.1, -0.05) is 63.6 Å². The van der Waals surface area contributed by atoms with Crippen molar-refractivity contribution in [1.29, 1.82) is 0 Å². The van der Waals surface area contributed by atoms with Crippen LogP contribution in [0.15, 0.2) is 43.0 Å². The fourth-order valence-electron chi connectivity index (χ4n) is 3.85. The first-order valence-electron chi connectivity index (χ1n) is 8.91. The number of esters is 1. The second-order valence-electron chi connectivity index (χ2n) is 7.63. The molecule has 2 rings (SSSR count). The van der Waals surface area contributed by atoms with Crippen molar-refractivity contribution in [3.63, 3.8) is 0 Å². The third kappa shape index (κ3) is 4.27. The molecule has 0 unspecified atom stereocenters. The molecule has 0 radical (unpaired) electrons. The number of carbonyl (C=O) groups excluding carboxylic acids is 1. The Morgan fingerprint density at radius 2 is 2.04 bits per heavy atom. The molecule has 0 spiro atoms. The molecule has 0 saturated heterocycles. The van der Waals surface area contributed by atoms with E-state index in [9.17, 15) is 9.90 Å². The average Bonchev–Trinajstić information content (AvgIpc) is 2.55. The Labute approximate surface area is 145 Å². The highest BCUT2D eigenvalue weighted by atomic mass is 16.6. The van der Waals surface area contributed by atoms with Crippen LogP contribution in [0.1, 0.15) is 52.0 Å². The first-order chi connectivity index (χ1) is 11.4. The first kappa shape index (κ1) is 18.7. The highest BCUT2D eigenvalue weighted by Gasteiger charge is 2.42. The van der Waals surface area contributed by atoms with Crippen molar-refractivity contribution in [1.82, 2.24) is 0 Å². The second kappa shape index (κ2) is 7.98. The van der Waals surface area contributed by atoms with Crippen LogP contribution < -0.4 is 0 Å². The summed E-state index contributed by atoms with van der Waals surface area (Å²) in [7, 11) is 0. The second-order valence-corrected chi connectivity index (χ2v) is 7.63. The zero-order valence-corrected chi connectivity index (χ0v) is 15.1. The number of hydrogen-bond acceptors (Lipinski definition) is 3. The number of carbonyl (C=O) groups is 1. The highest BCUT2D eigenvalue weighted by Crippen LogP contribution is 2.43. The van der Waals surface area contributed by atoms with E-state index in [0.717, 1.165) is 19.3 Å². The van der Waals surface area contributed by atoms with Crippen LogP contribution in [0.5, 0.6) is 0 Å². The van der Waals surface area contributed by atoms with Crippen LogP contribution in [0.2, 0.25) is 0 Å². The van der Waals surface area contributed by atoms with Gasteiger partial charge < -0.3 is 9.84 Å². The van der Waals surface area contributed by atoms with Crippen LogP contribution >= 0.6 is 0 Å². The molecule has 24 heavy (non-hydrogen) atoms. The van der Waals surface area contributed by atoms with Crippen molar-refractivity contribution >= 4 is 5.97 Å². The lowest BCUT2D eigenvalue weighted by atomic mass is 9.64. The SMILES string of the molecule is C=CC[C@@H](O)C(=O)O[C@@H]1C[C@@H](C)CC[C@H]1C(C)(C)c1ccccc1. The molecule has 0 aromatic heterocycles. The van der Waals surface area contributed by atoms with Gasteiger partial charge in [0.25, 0.3) is 0 Å². The van der Waals surface area contributed by atoms with Crippen LogP contribution in [-0.2, 0) is 14.9 Å². The van der Waals surface area contributed by atoms with E-state index in [4.69, 9.17) is 4.74 Å². The van der Waals surface area contributed by atoms with Crippen molar-refractivity contribution in [3.8, 4) is 0 Å². The van der Waals surface area contributed by atoms with Gasteiger partial charge in [-0.25, -0.2) is 4.79 Å². The van der Waals surface area contributed by atoms with E-state index in [2.05, 4.69) is 51.6 Å². The van der Waals surface area contributed by atoms with Gasteiger partial charge in [0.2, 0.25) is 0 Å². The predicted octanol–water partition coefficient (Wildman–Crippen LogP) is 4.25. The van der Waals surface area contributed by atoms with Crippen LogP contribution in [-0.4, -0.2) is 23.3 Å². The van der Waals surface area contributed by atoms with Crippen LogP contribution in [0.3, 0.4) is 0 Å². The van der Waals surface area contributed by atoms with Gasteiger partial charge in [-0.05, 0) is 29.7 Å². The molecule has 4 atom stereocenters. The Kier molecular flexibility index (Phi) is 6.22. The topological polar surface area (TPSA) is 46.5 Å². The average molecular weight is 330 g/mol. The largest absolute Gasteiger partial charge is 0.460 e. The summed E-state index contributed by atoms with van der Waals surface area (Å²) in [6, 6.07) is 10.4. The number of hydrogen-bond donors (Lipinski definition) is 1. The smallest absolute Gasteiger partial charge is 0.335 e. The van der Waals surface area contributed by atoms with Gasteiger partial charge >= 0.3 is 5.97 Å². The maximum absolute atomic E-state index is 12.2. The Morgan fingerprint density at radius 1 is 1.38 bits per heavy atom. The summed E-state index contributed by atoms with van der Waals surface area (Å²) in [6.45, 7) is 10.2. The molecule has 1 aliphatic rings. The molecule has 3 heteroatoms. The Hall–Kier alpha value is -1.61. The van der Waals surface area contributed by atoms with Crippen molar-refractivity contribution in [2.24, 2.45) is 11.8 Å². The van der Waals surface area contributed by atoms with Crippen LogP contribution in [0, 0.1) is 11.8 Å². The van der Waals surface area contributed by atoms with E-state index in [1.54, 1.807) is 6.08 Å². The van der Waals surface area contributed by atoms with E-state index >= 15 is 0 Å². The van der Waals surface area contributed by atoms with Crippen LogP contribution in [0.4, 0.5) is 0 Å². The lowest BCUT2D eigenvalue weighted by molar-refractivity contribution is -0.166. The molecule has 1 aromatic rings. The molecule has 1 saturated carbocycles. The molecule has 0 aliphatic heterocycles. The normalized spacial score (nSPS) is 25.8. The Bertz CT molecular complexity index is 549. The molecule has 0 heterocycles. The first-order valence-corrected chi connectivity index (χ1v) is 8.91. The van der Waals surface area contributed by atoms with E-state index in [0.29, 0.717) is 5.92 Å². The number of aliphatic hydroxyl groups excluding tert-OH is 1. The quantitative estimate of drug-likeness (QED) is 0.626. The van der Waals surface area contributed by atoms with Gasteiger partial charge in [0.05, 0.1) is 0 Å². The minimum atomic E-state index is -1.11. The van der Waals surface area contributed by atoms with Gasteiger partial charge in [-0.2, -0.15) is 0 Å². The monoisotopic (exact) mass is 330 g/mol. The molecule has 3 nitrogen and oxygen atoms in total. The molecule has 0 amide bonds. The molecule has 1 fully saturated rings. The van der Waals surface area contributed by atoms with Gasteiger partial charge in [-0.3, -0.25) is 0 Å². The van der Waals surface area contributed by atoms with Gasteiger partial charge in [0.15, 0.2) is 6.10 Å². The number of rotatable bonds is 6. The molecule has 1 aliphatic carbocycles. The summed E-state index contributed by atoms with van der Waals surface area (Å²) >= 11 is 0. The lowest BCUT2D eigenvalue weighted by Gasteiger charge is -2.44. The van der Waals surface area contributed by atoms with Crippen molar-refractivity contribution < 1.29 is 14.6 Å². The van der Waals surface area contributed by atoms with E-state index in [1.165, 1.54) is 5.56 Å². The zero-order valence-electron chi connectivity index (χ0n) is 15.1. The number of benzene rings is 1. The summed E-state index contributed by atoms with van der Waals surface area (Å²) < 4.78 is 5.76. The van der Waals surface area contributed by atoms with Crippen molar-refractivity contribution in [3.05, 3.63) is 48.6 Å². The van der Waals surface area contributed by atoms with E-state index in [1.807, 2.05) is 6.07 Å². The highest BCUT2D eigenvalue weighted by molar-refractivity contribution is 5.74. The predicted molar refractivity (Wildman–Crippen MR) is 96.7 cm³/mol. The summed E-state index contributed by atoms with van der Waals surface area (Å²) in [6.07, 6.45) is 3.53. The minimum Gasteiger partial charge on any atom is -0.460 e. The summed E-state index contributed by atoms with van der Waals surface area (Å²) in [5.74, 6) is 0.251. The Morgan fingerprint density at radius 3 is 2.67 bits per heavy atom. The standard InChI is InChI=1S/C21H30O3/c1-5-9-18(22)20(23)24-19-14-15(2)12-13-17(19)21(3,4)16-10-7-6-8-11-16/h5-8,10-11,15,17-19,22H,1,9,12-14H2,2-4H3/t15-,17+,18+,19+/m0/s1. The van der Waals surface area contributed by atoms with Crippen molar-refractivity contribution in [2.45, 2.75) is 64.1 Å². The van der Waals surface area contributed by atoms with Crippen LogP contribution in [0.25, 0.3) is 0 Å². The maximum Gasteiger partial charge on any atom is 0.335 e. The van der Waals surface area contributed by atoms with Gasteiger partial charge in [-0.15, -0.1) is 6.58 Å². The number of aliphatic hydroxyl groups is 1. The third-order valence-corrected chi connectivity index (χ3v) is 5.43. The van der Waals surface area contributed by atoms with Crippen molar-refractivity contribution in [2.75, 3.05) is 0 Å². The van der Waals surface area contributed by atoms with Gasteiger partial charge in [0.1, 0.15) is 6.10 Å². The molecular weight excluding hydrogens is 300 g/mol. The summed E-state index contributed by atoms with van der Waals surface area (Å²) in [5.41, 5.74) is 1.17. The summed E-state index contributed by atoms with van der Waals surface area (Å²) in [4.78, 5) is 12.2. The molecular formula is C21H30O3. The molecule has 0 bridgehead atoms. The molecule has 1 N–H and O–H groups in total. The lowest BCUT2D eigenvalue weighted by Crippen LogP contribution is -2.44. The molecule has 132 valence electrons. The number of ether oxygens (including phenoxy) is 1. The zero-order chi connectivity index (χ0) is 17.7. The summed E-state index contributed by atoms with van der Waals surface area (Å²) in [5, 5.41) is 9.87. The fourth-order valence-corrected chi connectivity index (χ4v) is 3.85. The Balaban J connectivity index is 2.19. The van der Waals surface area contributed by atoms with E-state index in [-0.39, 0.29) is 23.9 Å². The third-order valence-electron chi connectivity index (χ3n) is 5.43. The molecule has 1 aromatic carbocycles.